The number of rotatable bonds is 3. The van der Waals surface area contributed by atoms with Gasteiger partial charge in [-0.1, -0.05) is 11.6 Å². The van der Waals surface area contributed by atoms with Crippen molar-refractivity contribution in [1.29, 1.82) is 0 Å². The largest absolute Gasteiger partial charge is 0.478 e. The molecule has 1 aromatic heterocycles. The van der Waals surface area contributed by atoms with Gasteiger partial charge in [0.15, 0.2) is 0 Å². The van der Waals surface area contributed by atoms with Gasteiger partial charge >= 0.3 is 5.97 Å². The van der Waals surface area contributed by atoms with Gasteiger partial charge in [0.1, 0.15) is 16.5 Å². The van der Waals surface area contributed by atoms with Crippen LogP contribution in [0.2, 0.25) is 5.15 Å². The van der Waals surface area contributed by atoms with Gasteiger partial charge in [0.25, 0.3) is 0 Å². The second-order valence-electron chi connectivity index (χ2n) is 4.99. The zero-order valence-corrected chi connectivity index (χ0v) is 11.8. The quantitative estimate of drug-likeness (QED) is 0.864. The lowest BCUT2D eigenvalue weighted by Crippen LogP contribution is -2.48. The molecule has 1 aromatic rings. The highest BCUT2D eigenvalue weighted by Gasteiger charge is 2.33. The summed E-state index contributed by atoms with van der Waals surface area (Å²) in [5, 5.41) is 9.53. The summed E-state index contributed by atoms with van der Waals surface area (Å²) in [4.78, 5) is 17.4. The molecule has 104 valence electrons. The first kappa shape index (κ1) is 14.1. The molecule has 1 N–H and O–H groups in total. The summed E-state index contributed by atoms with van der Waals surface area (Å²) in [6.07, 6.45) is 1.88. The molecule has 0 aromatic carbocycles. The van der Waals surface area contributed by atoms with Crippen LogP contribution >= 0.6 is 11.6 Å². The molecule has 0 spiro atoms. The molecule has 0 amide bonds. The van der Waals surface area contributed by atoms with Crippen LogP contribution in [0.3, 0.4) is 0 Å². The smallest absolute Gasteiger partial charge is 0.339 e. The van der Waals surface area contributed by atoms with E-state index in [0.717, 1.165) is 19.4 Å². The fraction of sp³-hybridized carbons (Fsp3) is 0.538. The standard InChI is InChI=1S/C13H17ClN2O3/c1-13(19-2)6-3-7-16(8-13)11-9(12(17)18)4-5-10(14)15-11/h4-5H,3,6-8H2,1-2H3,(H,17,18). The minimum atomic E-state index is -0.996. The number of carboxylic acid groups (broad SMARTS) is 1. The third-order valence-electron chi connectivity index (χ3n) is 3.52. The first-order chi connectivity index (χ1) is 8.95. The van der Waals surface area contributed by atoms with Crippen LogP contribution in [0.25, 0.3) is 0 Å². The minimum absolute atomic E-state index is 0.171. The maximum Gasteiger partial charge on any atom is 0.339 e. The molecule has 5 nitrogen and oxygen atoms in total. The molecule has 1 fully saturated rings. The lowest BCUT2D eigenvalue weighted by Gasteiger charge is -2.40. The van der Waals surface area contributed by atoms with Gasteiger partial charge in [0.05, 0.1) is 5.60 Å². The number of carbonyl (C=O) groups is 1. The fourth-order valence-corrected chi connectivity index (χ4v) is 2.53. The van der Waals surface area contributed by atoms with Crippen LogP contribution in [-0.4, -0.2) is 41.9 Å². The highest BCUT2D eigenvalue weighted by atomic mass is 35.5. The highest BCUT2D eigenvalue weighted by molar-refractivity contribution is 6.29. The van der Waals surface area contributed by atoms with E-state index in [1.165, 1.54) is 12.1 Å². The van der Waals surface area contributed by atoms with Crippen LogP contribution in [0, 0.1) is 0 Å². The van der Waals surface area contributed by atoms with Gasteiger partial charge < -0.3 is 14.7 Å². The molecular formula is C13H17ClN2O3. The van der Waals surface area contributed by atoms with E-state index in [0.29, 0.717) is 17.5 Å². The number of anilines is 1. The zero-order valence-electron chi connectivity index (χ0n) is 11.0. The summed E-state index contributed by atoms with van der Waals surface area (Å²) in [5.41, 5.74) is -0.109. The van der Waals surface area contributed by atoms with Crippen LogP contribution in [-0.2, 0) is 4.74 Å². The van der Waals surface area contributed by atoms with Gasteiger partial charge in [-0.3, -0.25) is 0 Å². The van der Waals surface area contributed by atoms with E-state index in [1.54, 1.807) is 7.11 Å². The predicted octanol–water partition coefficient (Wildman–Crippen LogP) is 2.44. The Balaban J connectivity index is 2.35. The van der Waals surface area contributed by atoms with Crippen molar-refractivity contribution in [3.05, 3.63) is 22.8 Å². The van der Waals surface area contributed by atoms with Gasteiger partial charge in [-0.15, -0.1) is 0 Å². The molecule has 2 rings (SSSR count). The third-order valence-corrected chi connectivity index (χ3v) is 3.73. The van der Waals surface area contributed by atoms with Crippen molar-refractivity contribution >= 4 is 23.4 Å². The van der Waals surface area contributed by atoms with E-state index in [1.807, 2.05) is 11.8 Å². The Morgan fingerprint density at radius 3 is 2.95 bits per heavy atom. The summed E-state index contributed by atoms with van der Waals surface area (Å²) in [7, 11) is 1.67. The Labute approximate surface area is 117 Å². The van der Waals surface area contributed by atoms with Crippen molar-refractivity contribution in [2.24, 2.45) is 0 Å². The number of aromatic carboxylic acids is 1. The molecule has 1 saturated heterocycles. The Kier molecular flexibility index (Phi) is 3.96. The van der Waals surface area contributed by atoms with E-state index in [-0.39, 0.29) is 11.2 Å². The molecule has 0 bridgehead atoms. The maximum atomic E-state index is 11.3. The van der Waals surface area contributed by atoms with Crippen molar-refractivity contribution in [3.63, 3.8) is 0 Å². The van der Waals surface area contributed by atoms with Crippen LogP contribution in [0.15, 0.2) is 12.1 Å². The molecule has 6 heteroatoms. The monoisotopic (exact) mass is 284 g/mol. The van der Waals surface area contributed by atoms with Gasteiger partial charge in [0.2, 0.25) is 0 Å². The normalized spacial score (nSPS) is 23.4. The first-order valence-electron chi connectivity index (χ1n) is 6.15. The van der Waals surface area contributed by atoms with Crippen LogP contribution in [0.1, 0.15) is 30.1 Å². The van der Waals surface area contributed by atoms with Gasteiger partial charge in [-0.25, -0.2) is 9.78 Å². The lowest BCUT2D eigenvalue weighted by molar-refractivity contribution is -0.00488. The summed E-state index contributed by atoms with van der Waals surface area (Å²) in [5.74, 6) is -0.577. The van der Waals surface area contributed by atoms with Gasteiger partial charge in [-0.2, -0.15) is 0 Å². The van der Waals surface area contributed by atoms with Crippen LogP contribution in [0.4, 0.5) is 5.82 Å². The van der Waals surface area contributed by atoms with E-state index >= 15 is 0 Å². The molecule has 0 aliphatic carbocycles. The lowest BCUT2D eigenvalue weighted by atomic mass is 9.94. The van der Waals surface area contributed by atoms with E-state index in [4.69, 9.17) is 16.3 Å². The van der Waals surface area contributed by atoms with Crippen molar-refractivity contribution in [3.8, 4) is 0 Å². The highest BCUT2D eigenvalue weighted by Crippen LogP contribution is 2.29. The summed E-state index contributed by atoms with van der Waals surface area (Å²) >= 11 is 5.88. The number of methoxy groups -OCH3 is 1. The van der Waals surface area contributed by atoms with Crippen molar-refractivity contribution in [2.75, 3.05) is 25.1 Å². The summed E-state index contributed by atoms with van der Waals surface area (Å²) in [6, 6.07) is 2.99. The fourth-order valence-electron chi connectivity index (χ4n) is 2.39. The molecule has 19 heavy (non-hydrogen) atoms. The molecule has 1 aliphatic rings. The van der Waals surface area contributed by atoms with Gasteiger partial charge in [-0.05, 0) is 31.9 Å². The Bertz CT molecular complexity index is 495. The number of pyridine rings is 1. The topological polar surface area (TPSA) is 62.7 Å². The molecule has 0 saturated carbocycles. The maximum absolute atomic E-state index is 11.3. The van der Waals surface area contributed by atoms with E-state index in [2.05, 4.69) is 4.98 Å². The van der Waals surface area contributed by atoms with Crippen molar-refractivity contribution in [1.82, 2.24) is 4.98 Å². The molecule has 1 unspecified atom stereocenters. The molecular weight excluding hydrogens is 268 g/mol. The predicted molar refractivity (Wildman–Crippen MR) is 73.1 cm³/mol. The van der Waals surface area contributed by atoms with Crippen LogP contribution in [0.5, 0.6) is 0 Å². The average Bonchev–Trinajstić information content (AvgIpc) is 2.38. The average molecular weight is 285 g/mol. The summed E-state index contributed by atoms with van der Waals surface area (Å²) < 4.78 is 5.51. The number of halogens is 1. The minimum Gasteiger partial charge on any atom is -0.478 e. The van der Waals surface area contributed by atoms with Crippen molar-refractivity contribution in [2.45, 2.75) is 25.4 Å². The Hall–Kier alpha value is -1.33. The molecule has 1 aliphatic heterocycles. The SMILES string of the molecule is COC1(C)CCCN(c2nc(Cl)ccc2C(=O)O)C1. The molecule has 2 heterocycles. The van der Waals surface area contributed by atoms with E-state index < -0.39 is 5.97 Å². The second kappa shape index (κ2) is 5.35. The second-order valence-corrected chi connectivity index (χ2v) is 5.38. The van der Waals surface area contributed by atoms with Gasteiger partial charge in [0, 0.05) is 20.2 Å². The Morgan fingerprint density at radius 1 is 1.58 bits per heavy atom. The molecule has 0 radical (unpaired) electrons. The van der Waals surface area contributed by atoms with E-state index in [9.17, 15) is 9.90 Å². The zero-order chi connectivity index (χ0) is 14.0. The summed E-state index contributed by atoms with van der Waals surface area (Å²) in [6.45, 7) is 3.38. The van der Waals surface area contributed by atoms with Crippen molar-refractivity contribution < 1.29 is 14.6 Å². The number of hydrogen-bond acceptors (Lipinski definition) is 4. The number of piperidine rings is 1. The van der Waals surface area contributed by atoms with Crippen LogP contribution < -0.4 is 4.90 Å². The third kappa shape index (κ3) is 2.98. The number of aromatic nitrogens is 1. The number of hydrogen-bond donors (Lipinski definition) is 1. The molecule has 1 atom stereocenters. The number of ether oxygens (including phenoxy) is 1. The first-order valence-corrected chi connectivity index (χ1v) is 6.53. The Morgan fingerprint density at radius 2 is 2.32 bits per heavy atom. The number of carboxylic acids is 1. The number of nitrogens with zero attached hydrogens (tertiary/aromatic N) is 2.